The van der Waals surface area contributed by atoms with E-state index < -0.39 is 0 Å². The highest BCUT2D eigenvalue weighted by Gasteiger charge is 2.14. The van der Waals surface area contributed by atoms with Crippen molar-refractivity contribution in [3.8, 4) is 11.1 Å². The molecule has 0 bridgehead atoms. The zero-order chi connectivity index (χ0) is 17.4. The Morgan fingerprint density at radius 2 is 1.96 bits per heavy atom. The van der Waals surface area contributed by atoms with Crippen LogP contribution in [0.3, 0.4) is 0 Å². The lowest BCUT2D eigenvalue weighted by atomic mass is 10.1. The van der Waals surface area contributed by atoms with Gasteiger partial charge in [0.1, 0.15) is 5.82 Å². The number of pyridine rings is 1. The molecule has 0 aliphatic rings. The highest BCUT2D eigenvalue weighted by molar-refractivity contribution is 5.78. The van der Waals surface area contributed by atoms with Crippen molar-refractivity contribution < 1.29 is 4.39 Å². The number of halogens is 1. The van der Waals surface area contributed by atoms with Crippen LogP contribution in [-0.2, 0) is 13.6 Å². The summed E-state index contributed by atoms with van der Waals surface area (Å²) in [5.74, 6) is -0.317. The highest BCUT2D eigenvalue weighted by Crippen LogP contribution is 2.23. The Bertz CT molecular complexity index is 1120. The van der Waals surface area contributed by atoms with Crippen LogP contribution in [0, 0.1) is 5.82 Å². The van der Waals surface area contributed by atoms with Gasteiger partial charge in [0.2, 0.25) is 0 Å². The van der Waals surface area contributed by atoms with E-state index in [1.165, 1.54) is 16.7 Å². The number of rotatable bonds is 3. The first kappa shape index (κ1) is 15.2. The monoisotopic (exact) mass is 335 g/mol. The van der Waals surface area contributed by atoms with E-state index in [0.717, 1.165) is 5.56 Å². The molecule has 124 valence electrons. The van der Waals surface area contributed by atoms with Crippen molar-refractivity contribution >= 4 is 11.2 Å². The fourth-order valence-corrected chi connectivity index (χ4v) is 2.83. The van der Waals surface area contributed by atoms with Gasteiger partial charge < -0.3 is 0 Å². The van der Waals surface area contributed by atoms with E-state index in [4.69, 9.17) is 0 Å². The van der Waals surface area contributed by atoms with E-state index in [1.807, 2.05) is 6.07 Å². The molecule has 0 atom stereocenters. The Labute approximate surface area is 142 Å². The van der Waals surface area contributed by atoms with E-state index in [-0.39, 0.29) is 18.1 Å². The van der Waals surface area contributed by atoms with Crippen LogP contribution < -0.4 is 5.69 Å². The SMILES string of the molecule is Cn1c(=O)n(Cc2cnccn2)c2cc(-c3cccc(F)c3)cnc21. The summed E-state index contributed by atoms with van der Waals surface area (Å²) in [5.41, 5.74) is 3.16. The molecule has 25 heavy (non-hydrogen) atoms. The number of aromatic nitrogens is 5. The normalized spacial score (nSPS) is 11.1. The second-order valence-corrected chi connectivity index (χ2v) is 5.70. The molecule has 7 heteroatoms. The van der Waals surface area contributed by atoms with Gasteiger partial charge in [-0.25, -0.2) is 14.2 Å². The van der Waals surface area contributed by atoms with Crippen LogP contribution >= 0.6 is 0 Å². The minimum atomic E-state index is -0.317. The van der Waals surface area contributed by atoms with Gasteiger partial charge in [-0.2, -0.15) is 0 Å². The molecule has 1 aromatic carbocycles. The summed E-state index contributed by atoms with van der Waals surface area (Å²) in [5, 5.41) is 0. The van der Waals surface area contributed by atoms with Crippen molar-refractivity contribution in [3.05, 3.63) is 77.1 Å². The Morgan fingerprint density at radius 1 is 1.08 bits per heavy atom. The average molecular weight is 335 g/mol. The first-order chi connectivity index (χ1) is 12.1. The summed E-state index contributed by atoms with van der Waals surface area (Å²) in [6.45, 7) is 0.290. The zero-order valence-electron chi connectivity index (χ0n) is 13.4. The molecule has 0 saturated heterocycles. The first-order valence-electron chi connectivity index (χ1n) is 7.69. The Balaban J connectivity index is 1.89. The molecule has 6 nitrogen and oxygen atoms in total. The molecular formula is C18H14FN5O. The van der Waals surface area contributed by atoms with Gasteiger partial charge in [-0.1, -0.05) is 12.1 Å². The number of benzene rings is 1. The molecular weight excluding hydrogens is 321 g/mol. The topological polar surface area (TPSA) is 65.6 Å². The van der Waals surface area contributed by atoms with Gasteiger partial charge in [-0.15, -0.1) is 0 Å². The summed E-state index contributed by atoms with van der Waals surface area (Å²) in [7, 11) is 1.67. The Kier molecular flexibility index (Phi) is 3.61. The van der Waals surface area contributed by atoms with E-state index >= 15 is 0 Å². The minimum absolute atomic E-state index is 0.190. The van der Waals surface area contributed by atoms with Gasteiger partial charge in [0, 0.05) is 31.2 Å². The number of hydrogen-bond acceptors (Lipinski definition) is 4. The minimum Gasteiger partial charge on any atom is -0.284 e. The Morgan fingerprint density at radius 3 is 2.72 bits per heavy atom. The van der Waals surface area contributed by atoms with Crippen molar-refractivity contribution in [3.63, 3.8) is 0 Å². The third-order valence-electron chi connectivity index (χ3n) is 4.07. The predicted octanol–water partition coefficient (Wildman–Crippen LogP) is 2.38. The molecule has 0 saturated carbocycles. The molecule has 0 amide bonds. The second-order valence-electron chi connectivity index (χ2n) is 5.70. The molecule has 0 spiro atoms. The lowest BCUT2D eigenvalue weighted by molar-refractivity contribution is 0.628. The lowest BCUT2D eigenvalue weighted by Crippen LogP contribution is -2.23. The smallest absolute Gasteiger partial charge is 0.284 e. The number of imidazole rings is 1. The van der Waals surface area contributed by atoms with Crippen LogP contribution in [0.5, 0.6) is 0 Å². The van der Waals surface area contributed by atoms with Gasteiger partial charge in [-0.3, -0.25) is 19.1 Å². The molecule has 0 N–H and O–H groups in total. The van der Waals surface area contributed by atoms with Gasteiger partial charge >= 0.3 is 5.69 Å². The number of fused-ring (bicyclic) bond motifs is 1. The molecule has 3 aromatic heterocycles. The van der Waals surface area contributed by atoms with Crippen molar-refractivity contribution in [1.82, 2.24) is 24.1 Å². The summed E-state index contributed by atoms with van der Waals surface area (Å²) >= 11 is 0. The van der Waals surface area contributed by atoms with Gasteiger partial charge in [0.15, 0.2) is 5.65 Å². The summed E-state index contributed by atoms with van der Waals surface area (Å²) in [6, 6.07) is 8.13. The van der Waals surface area contributed by atoms with E-state index in [1.54, 1.807) is 48.5 Å². The van der Waals surface area contributed by atoms with Crippen molar-refractivity contribution in [1.29, 1.82) is 0 Å². The third kappa shape index (κ3) is 2.69. The quantitative estimate of drug-likeness (QED) is 0.576. The van der Waals surface area contributed by atoms with Crippen molar-refractivity contribution in [2.75, 3.05) is 0 Å². The maximum absolute atomic E-state index is 13.5. The van der Waals surface area contributed by atoms with Crippen molar-refractivity contribution in [2.24, 2.45) is 7.05 Å². The number of hydrogen-bond donors (Lipinski definition) is 0. The molecule has 0 fully saturated rings. The Hall–Kier alpha value is -3.35. The molecule has 4 rings (SSSR count). The molecule has 4 aromatic rings. The summed E-state index contributed by atoms with van der Waals surface area (Å²) in [4.78, 5) is 25.2. The van der Waals surface area contributed by atoms with Crippen LogP contribution in [0.15, 0.2) is 59.9 Å². The van der Waals surface area contributed by atoms with Crippen LogP contribution in [0.2, 0.25) is 0 Å². The van der Waals surface area contributed by atoms with Gasteiger partial charge in [0.25, 0.3) is 0 Å². The lowest BCUT2D eigenvalue weighted by Gasteiger charge is -2.05. The fraction of sp³-hybridized carbons (Fsp3) is 0.111. The van der Waals surface area contributed by atoms with E-state index in [0.29, 0.717) is 22.4 Å². The second kappa shape index (κ2) is 5.94. The molecule has 0 unspecified atom stereocenters. The largest absolute Gasteiger partial charge is 0.330 e. The molecule has 0 aliphatic carbocycles. The van der Waals surface area contributed by atoms with Crippen LogP contribution in [-0.4, -0.2) is 24.1 Å². The van der Waals surface area contributed by atoms with Crippen LogP contribution in [0.25, 0.3) is 22.3 Å². The van der Waals surface area contributed by atoms with Crippen molar-refractivity contribution in [2.45, 2.75) is 6.54 Å². The molecule has 0 aliphatic heterocycles. The third-order valence-corrected chi connectivity index (χ3v) is 4.07. The first-order valence-corrected chi connectivity index (χ1v) is 7.69. The summed E-state index contributed by atoms with van der Waals surface area (Å²) in [6.07, 6.45) is 6.43. The molecule has 0 radical (unpaired) electrons. The predicted molar refractivity (Wildman–Crippen MR) is 91.5 cm³/mol. The maximum atomic E-state index is 13.5. The fourth-order valence-electron chi connectivity index (χ4n) is 2.83. The number of aryl methyl sites for hydroxylation is 1. The standard InChI is InChI=1S/C18H14FN5O/c1-23-17-16(24(18(23)25)11-15-10-20-5-6-21-15)8-13(9-22-17)12-3-2-4-14(19)7-12/h2-10H,11H2,1H3. The highest BCUT2D eigenvalue weighted by atomic mass is 19.1. The van der Waals surface area contributed by atoms with E-state index in [9.17, 15) is 9.18 Å². The van der Waals surface area contributed by atoms with Crippen LogP contribution in [0.4, 0.5) is 4.39 Å². The zero-order valence-corrected chi connectivity index (χ0v) is 13.4. The number of nitrogens with zero attached hydrogens (tertiary/aromatic N) is 5. The summed E-state index contributed by atoms with van der Waals surface area (Å²) < 4.78 is 16.6. The maximum Gasteiger partial charge on any atom is 0.330 e. The van der Waals surface area contributed by atoms with E-state index in [2.05, 4.69) is 15.0 Å². The van der Waals surface area contributed by atoms with Gasteiger partial charge in [-0.05, 0) is 23.8 Å². The molecule has 3 heterocycles. The van der Waals surface area contributed by atoms with Gasteiger partial charge in [0.05, 0.1) is 24.0 Å². The average Bonchev–Trinajstić information content (AvgIpc) is 2.87. The van der Waals surface area contributed by atoms with Crippen LogP contribution in [0.1, 0.15) is 5.69 Å².